The van der Waals surface area contributed by atoms with Gasteiger partial charge < -0.3 is 5.73 Å². The number of thioether (sulfide) groups is 1. The monoisotopic (exact) mass is 288 g/mol. The maximum absolute atomic E-state index is 12.2. The van der Waals surface area contributed by atoms with Gasteiger partial charge in [-0.15, -0.1) is 0 Å². The molecule has 0 spiro atoms. The van der Waals surface area contributed by atoms with E-state index in [4.69, 9.17) is 5.73 Å². The zero-order chi connectivity index (χ0) is 13.8. The van der Waals surface area contributed by atoms with Crippen LogP contribution in [0.5, 0.6) is 0 Å². The van der Waals surface area contributed by atoms with Crippen molar-refractivity contribution in [3.8, 4) is 0 Å². The Morgan fingerprint density at radius 3 is 2.67 bits per heavy atom. The molecule has 0 aliphatic carbocycles. The minimum absolute atomic E-state index is 0.248. The summed E-state index contributed by atoms with van der Waals surface area (Å²) in [5.41, 5.74) is 7.09. The van der Waals surface area contributed by atoms with Gasteiger partial charge in [-0.2, -0.15) is 11.8 Å². The second-order valence-electron chi connectivity index (χ2n) is 4.20. The topological polar surface area (TPSA) is 72.2 Å². The average molecular weight is 288 g/mol. The molecule has 0 heterocycles. The highest BCUT2D eigenvalue weighted by Crippen LogP contribution is 2.17. The van der Waals surface area contributed by atoms with Crippen LogP contribution in [0.4, 0.5) is 0 Å². The standard InChI is InChI=1S/C12H20N2O2S2/c1-9-4-5-11(7-13)6-12(9)18(15,16)14-8-10(2)17-3/h4-6,10,14H,7-8,13H2,1-3H3. The van der Waals surface area contributed by atoms with Gasteiger partial charge in [0.1, 0.15) is 0 Å². The van der Waals surface area contributed by atoms with E-state index in [-0.39, 0.29) is 5.25 Å². The predicted octanol–water partition coefficient (Wildman–Crippen LogP) is 1.48. The van der Waals surface area contributed by atoms with Crippen LogP contribution in [0.3, 0.4) is 0 Å². The number of hydrogen-bond donors (Lipinski definition) is 2. The molecule has 0 aliphatic rings. The molecular formula is C12H20N2O2S2. The number of aryl methyl sites for hydroxylation is 1. The van der Waals surface area contributed by atoms with Crippen molar-refractivity contribution in [3.63, 3.8) is 0 Å². The second kappa shape index (κ2) is 6.56. The lowest BCUT2D eigenvalue weighted by Crippen LogP contribution is -2.30. The molecule has 3 N–H and O–H groups in total. The number of nitrogens with one attached hydrogen (secondary N) is 1. The second-order valence-corrected chi connectivity index (χ2v) is 7.21. The summed E-state index contributed by atoms with van der Waals surface area (Å²) in [4.78, 5) is 0.318. The van der Waals surface area contributed by atoms with E-state index < -0.39 is 10.0 Å². The van der Waals surface area contributed by atoms with Crippen molar-refractivity contribution in [2.45, 2.75) is 30.5 Å². The largest absolute Gasteiger partial charge is 0.326 e. The molecule has 0 amide bonds. The minimum atomic E-state index is -3.45. The Bertz CT molecular complexity index is 501. The lowest BCUT2D eigenvalue weighted by Gasteiger charge is -2.13. The van der Waals surface area contributed by atoms with Crippen LogP contribution < -0.4 is 10.5 Å². The Labute approximate surface area is 113 Å². The van der Waals surface area contributed by atoms with Crippen molar-refractivity contribution in [1.29, 1.82) is 0 Å². The van der Waals surface area contributed by atoms with Gasteiger partial charge in [0.25, 0.3) is 0 Å². The molecule has 0 saturated carbocycles. The fourth-order valence-corrected chi connectivity index (χ4v) is 3.23. The van der Waals surface area contributed by atoms with E-state index in [1.54, 1.807) is 30.8 Å². The molecule has 102 valence electrons. The number of hydrogen-bond acceptors (Lipinski definition) is 4. The number of sulfonamides is 1. The average Bonchev–Trinajstić information content (AvgIpc) is 2.36. The molecule has 4 nitrogen and oxygen atoms in total. The van der Waals surface area contributed by atoms with Crippen molar-refractivity contribution in [1.82, 2.24) is 4.72 Å². The van der Waals surface area contributed by atoms with Gasteiger partial charge in [-0.1, -0.05) is 19.1 Å². The molecule has 18 heavy (non-hydrogen) atoms. The normalized spacial score (nSPS) is 13.6. The first-order chi connectivity index (χ1) is 8.40. The Hall–Kier alpha value is -0.560. The summed E-state index contributed by atoms with van der Waals surface area (Å²) in [6.45, 7) is 4.53. The molecular weight excluding hydrogens is 268 g/mol. The summed E-state index contributed by atoms with van der Waals surface area (Å²) < 4.78 is 27.0. The van der Waals surface area contributed by atoms with Crippen LogP contribution >= 0.6 is 11.8 Å². The fourth-order valence-electron chi connectivity index (χ4n) is 1.45. The summed E-state index contributed by atoms with van der Waals surface area (Å²) >= 11 is 1.63. The summed E-state index contributed by atoms with van der Waals surface area (Å²) in [5.74, 6) is 0. The Morgan fingerprint density at radius 2 is 2.11 bits per heavy atom. The third kappa shape index (κ3) is 3.98. The molecule has 0 saturated heterocycles. The van der Waals surface area contributed by atoms with Crippen LogP contribution in [0.25, 0.3) is 0 Å². The smallest absolute Gasteiger partial charge is 0.240 e. The molecule has 0 aromatic heterocycles. The van der Waals surface area contributed by atoms with Gasteiger partial charge in [0, 0.05) is 18.3 Å². The minimum Gasteiger partial charge on any atom is -0.326 e. The maximum Gasteiger partial charge on any atom is 0.240 e. The SMILES string of the molecule is CSC(C)CNS(=O)(=O)c1cc(CN)ccc1C. The first kappa shape index (κ1) is 15.5. The summed E-state index contributed by atoms with van der Waals surface area (Å²) in [6.07, 6.45) is 1.96. The fraction of sp³-hybridized carbons (Fsp3) is 0.500. The van der Waals surface area contributed by atoms with Gasteiger partial charge in [-0.05, 0) is 30.4 Å². The van der Waals surface area contributed by atoms with Crippen molar-refractivity contribution in [3.05, 3.63) is 29.3 Å². The lowest BCUT2D eigenvalue weighted by molar-refractivity contribution is 0.580. The Kier molecular flexibility index (Phi) is 5.65. The quantitative estimate of drug-likeness (QED) is 0.832. The van der Waals surface area contributed by atoms with Gasteiger partial charge in [0.2, 0.25) is 10.0 Å². The highest BCUT2D eigenvalue weighted by molar-refractivity contribution is 7.99. The van der Waals surface area contributed by atoms with Gasteiger partial charge in [-0.25, -0.2) is 13.1 Å². The van der Waals surface area contributed by atoms with Crippen LogP contribution in [0.15, 0.2) is 23.1 Å². The lowest BCUT2D eigenvalue weighted by atomic mass is 10.1. The third-order valence-corrected chi connectivity index (χ3v) is 5.28. The Balaban J connectivity index is 2.97. The van der Waals surface area contributed by atoms with E-state index in [1.165, 1.54) is 0 Å². The summed E-state index contributed by atoms with van der Waals surface area (Å²) in [7, 11) is -3.45. The molecule has 0 aliphatic heterocycles. The van der Waals surface area contributed by atoms with Crippen molar-refractivity contribution < 1.29 is 8.42 Å². The van der Waals surface area contributed by atoms with Crippen LogP contribution in [0.1, 0.15) is 18.1 Å². The third-order valence-electron chi connectivity index (χ3n) is 2.74. The number of nitrogens with two attached hydrogens (primary N) is 1. The van der Waals surface area contributed by atoms with E-state index in [9.17, 15) is 8.42 Å². The van der Waals surface area contributed by atoms with Gasteiger partial charge >= 0.3 is 0 Å². The van der Waals surface area contributed by atoms with E-state index in [0.29, 0.717) is 18.0 Å². The van der Waals surface area contributed by atoms with Crippen LogP contribution in [0.2, 0.25) is 0 Å². The molecule has 1 unspecified atom stereocenters. The van der Waals surface area contributed by atoms with Crippen LogP contribution in [-0.2, 0) is 16.6 Å². The summed E-state index contributed by atoms with van der Waals surface area (Å²) in [5, 5.41) is 0.248. The van der Waals surface area contributed by atoms with Gasteiger partial charge in [-0.3, -0.25) is 0 Å². The molecule has 1 aromatic carbocycles. The number of benzene rings is 1. The number of rotatable bonds is 6. The van der Waals surface area contributed by atoms with Gasteiger partial charge in [0.15, 0.2) is 0 Å². The molecule has 0 radical (unpaired) electrons. The molecule has 1 atom stereocenters. The van der Waals surface area contributed by atoms with Crippen molar-refractivity contribution in [2.24, 2.45) is 5.73 Å². The maximum atomic E-state index is 12.2. The molecule has 0 fully saturated rings. The molecule has 0 bridgehead atoms. The van der Waals surface area contributed by atoms with Crippen molar-refractivity contribution >= 4 is 21.8 Å². The predicted molar refractivity (Wildman–Crippen MR) is 77.2 cm³/mol. The first-order valence-corrected chi connectivity index (χ1v) is 8.50. The molecule has 6 heteroatoms. The van der Waals surface area contributed by atoms with Crippen LogP contribution in [0, 0.1) is 6.92 Å². The van der Waals surface area contributed by atoms with Gasteiger partial charge in [0.05, 0.1) is 4.90 Å². The zero-order valence-corrected chi connectivity index (χ0v) is 12.6. The first-order valence-electron chi connectivity index (χ1n) is 5.72. The van der Waals surface area contributed by atoms with Crippen molar-refractivity contribution in [2.75, 3.05) is 12.8 Å². The van der Waals surface area contributed by atoms with E-state index in [2.05, 4.69) is 4.72 Å². The van der Waals surface area contributed by atoms with Crippen LogP contribution in [-0.4, -0.2) is 26.5 Å². The highest BCUT2D eigenvalue weighted by atomic mass is 32.2. The van der Waals surface area contributed by atoms with E-state index in [1.807, 2.05) is 19.2 Å². The van der Waals surface area contributed by atoms with E-state index in [0.717, 1.165) is 11.1 Å². The molecule has 1 rings (SSSR count). The zero-order valence-electron chi connectivity index (χ0n) is 10.9. The van der Waals surface area contributed by atoms with E-state index >= 15 is 0 Å². The Morgan fingerprint density at radius 1 is 1.44 bits per heavy atom. The highest BCUT2D eigenvalue weighted by Gasteiger charge is 2.17. The summed E-state index contributed by atoms with van der Waals surface area (Å²) in [6, 6.07) is 5.27. The molecule has 1 aromatic rings.